The van der Waals surface area contributed by atoms with Gasteiger partial charge in [-0.05, 0) is 6.42 Å². The molecule has 0 fully saturated rings. The Morgan fingerprint density at radius 3 is 2.64 bits per heavy atom. The first-order valence-electron chi connectivity index (χ1n) is 4.73. The highest BCUT2D eigenvalue weighted by Crippen LogP contribution is 2.11. The molecule has 0 amide bonds. The highest BCUT2D eigenvalue weighted by molar-refractivity contribution is 5.22. The van der Waals surface area contributed by atoms with Crippen molar-refractivity contribution in [1.82, 2.24) is 14.8 Å². The maximum absolute atomic E-state index is 11.8. The van der Waals surface area contributed by atoms with Crippen LogP contribution in [0, 0.1) is 0 Å². The van der Waals surface area contributed by atoms with Gasteiger partial charge in [0, 0.05) is 20.0 Å². The molecule has 0 aliphatic heterocycles. The Bertz CT molecular complexity index is 372. The molecule has 1 heterocycles. The second-order valence-electron chi connectivity index (χ2n) is 3.33. The average molecular weight is 196 g/mol. The van der Waals surface area contributed by atoms with Crippen molar-refractivity contribution in [2.24, 2.45) is 7.05 Å². The van der Waals surface area contributed by atoms with Gasteiger partial charge in [0.25, 0.3) is 5.56 Å². The molecule has 1 aromatic rings. The van der Waals surface area contributed by atoms with Gasteiger partial charge in [-0.1, -0.05) is 13.8 Å². The van der Waals surface area contributed by atoms with Crippen molar-refractivity contribution >= 4 is 5.95 Å². The standard InChI is InChI=1S/C9H16N4O/c1-5-6(2)7-8(14)13(4)9(10-3)12-11-7/h6H,5H2,1-4H3,(H,10,12). The monoisotopic (exact) mass is 196 g/mol. The summed E-state index contributed by atoms with van der Waals surface area (Å²) in [5.41, 5.74) is 0.465. The highest BCUT2D eigenvalue weighted by atomic mass is 16.1. The molecule has 1 unspecified atom stereocenters. The molecular formula is C9H16N4O. The van der Waals surface area contributed by atoms with Crippen LogP contribution >= 0.6 is 0 Å². The summed E-state index contributed by atoms with van der Waals surface area (Å²) in [7, 11) is 3.40. The quantitative estimate of drug-likeness (QED) is 0.774. The molecule has 0 saturated carbocycles. The van der Waals surface area contributed by atoms with E-state index >= 15 is 0 Å². The molecule has 0 aromatic carbocycles. The van der Waals surface area contributed by atoms with Gasteiger partial charge in [0.1, 0.15) is 5.69 Å². The fourth-order valence-electron chi connectivity index (χ4n) is 1.20. The summed E-state index contributed by atoms with van der Waals surface area (Å²) in [6.07, 6.45) is 0.892. The zero-order chi connectivity index (χ0) is 10.7. The lowest BCUT2D eigenvalue weighted by atomic mass is 10.1. The predicted octanol–water partition coefficient (Wildman–Crippen LogP) is 0.731. The summed E-state index contributed by atoms with van der Waals surface area (Å²) in [6.45, 7) is 4.00. The summed E-state index contributed by atoms with van der Waals surface area (Å²) in [5, 5.41) is 10.7. The Morgan fingerprint density at radius 2 is 2.14 bits per heavy atom. The van der Waals surface area contributed by atoms with Gasteiger partial charge in [-0.25, -0.2) is 0 Å². The SMILES string of the molecule is CCC(C)c1nnc(NC)n(C)c1=O. The minimum absolute atomic E-state index is 0.0706. The number of rotatable bonds is 3. The minimum Gasteiger partial charge on any atom is -0.357 e. The van der Waals surface area contributed by atoms with Crippen molar-refractivity contribution < 1.29 is 0 Å². The van der Waals surface area contributed by atoms with E-state index in [1.165, 1.54) is 4.57 Å². The van der Waals surface area contributed by atoms with Gasteiger partial charge >= 0.3 is 0 Å². The molecule has 5 heteroatoms. The molecule has 0 spiro atoms. The van der Waals surface area contributed by atoms with Crippen LogP contribution < -0.4 is 10.9 Å². The first-order valence-corrected chi connectivity index (χ1v) is 4.73. The van der Waals surface area contributed by atoms with Crippen LogP contribution in [-0.2, 0) is 7.05 Å². The molecule has 1 aromatic heterocycles. The van der Waals surface area contributed by atoms with Crippen LogP contribution in [0.3, 0.4) is 0 Å². The molecule has 0 saturated heterocycles. The third-order valence-electron chi connectivity index (χ3n) is 2.40. The summed E-state index contributed by atoms with van der Waals surface area (Å²) in [4.78, 5) is 11.8. The van der Waals surface area contributed by atoms with E-state index < -0.39 is 0 Å². The zero-order valence-electron chi connectivity index (χ0n) is 9.03. The number of nitrogens with one attached hydrogen (secondary N) is 1. The van der Waals surface area contributed by atoms with Crippen LogP contribution in [0.4, 0.5) is 5.95 Å². The predicted molar refractivity (Wildman–Crippen MR) is 55.5 cm³/mol. The van der Waals surface area contributed by atoms with E-state index in [1.54, 1.807) is 14.1 Å². The van der Waals surface area contributed by atoms with Gasteiger partial charge in [0.15, 0.2) is 0 Å². The van der Waals surface area contributed by atoms with Gasteiger partial charge < -0.3 is 5.32 Å². The highest BCUT2D eigenvalue weighted by Gasteiger charge is 2.13. The van der Waals surface area contributed by atoms with E-state index in [4.69, 9.17) is 0 Å². The van der Waals surface area contributed by atoms with E-state index in [9.17, 15) is 4.79 Å². The molecule has 1 atom stereocenters. The normalized spacial score (nSPS) is 12.6. The topological polar surface area (TPSA) is 59.8 Å². The fourth-order valence-corrected chi connectivity index (χ4v) is 1.20. The Kier molecular flexibility index (Phi) is 3.22. The van der Waals surface area contributed by atoms with Gasteiger partial charge in [-0.15, -0.1) is 10.2 Å². The third-order valence-corrected chi connectivity index (χ3v) is 2.40. The van der Waals surface area contributed by atoms with Gasteiger partial charge in [-0.2, -0.15) is 0 Å². The molecule has 78 valence electrons. The van der Waals surface area contributed by atoms with Gasteiger partial charge in [0.2, 0.25) is 5.95 Å². The Hall–Kier alpha value is -1.39. The third kappa shape index (κ3) is 1.76. The first kappa shape index (κ1) is 10.7. The van der Waals surface area contributed by atoms with Crippen LogP contribution in [0.25, 0.3) is 0 Å². The summed E-state index contributed by atoms with van der Waals surface area (Å²) in [6, 6.07) is 0. The second kappa shape index (κ2) is 4.21. The largest absolute Gasteiger partial charge is 0.357 e. The lowest BCUT2D eigenvalue weighted by Gasteiger charge is -2.10. The smallest absolute Gasteiger partial charge is 0.276 e. The van der Waals surface area contributed by atoms with Gasteiger partial charge in [-0.3, -0.25) is 9.36 Å². The molecule has 0 radical (unpaired) electrons. The van der Waals surface area contributed by atoms with Crippen LogP contribution in [0.5, 0.6) is 0 Å². The molecule has 0 aliphatic carbocycles. The number of hydrogen-bond donors (Lipinski definition) is 1. The minimum atomic E-state index is -0.0706. The lowest BCUT2D eigenvalue weighted by Crippen LogP contribution is -2.27. The lowest BCUT2D eigenvalue weighted by molar-refractivity contribution is 0.645. The molecular weight excluding hydrogens is 180 g/mol. The van der Waals surface area contributed by atoms with Crippen LogP contribution in [0.15, 0.2) is 4.79 Å². The van der Waals surface area contributed by atoms with Crippen molar-refractivity contribution in [1.29, 1.82) is 0 Å². The van der Waals surface area contributed by atoms with Crippen molar-refractivity contribution in [2.75, 3.05) is 12.4 Å². The van der Waals surface area contributed by atoms with Crippen molar-refractivity contribution in [3.8, 4) is 0 Å². The fraction of sp³-hybridized carbons (Fsp3) is 0.667. The summed E-state index contributed by atoms with van der Waals surface area (Å²) >= 11 is 0. The number of anilines is 1. The maximum Gasteiger partial charge on any atom is 0.276 e. The molecule has 1 N–H and O–H groups in total. The molecule has 14 heavy (non-hydrogen) atoms. The summed E-state index contributed by atoms with van der Waals surface area (Å²) < 4.78 is 1.48. The zero-order valence-corrected chi connectivity index (χ0v) is 9.03. The number of aromatic nitrogens is 3. The van der Waals surface area contributed by atoms with E-state index in [1.807, 2.05) is 13.8 Å². The first-order chi connectivity index (χ1) is 6.61. The van der Waals surface area contributed by atoms with E-state index in [-0.39, 0.29) is 11.5 Å². The number of hydrogen-bond acceptors (Lipinski definition) is 4. The van der Waals surface area contributed by atoms with E-state index in [2.05, 4.69) is 15.5 Å². The van der Waals surface area contributed by atoms with Crippen LogP contribution in [0.1, 0.15) is 31.9 Å². The van der Waals surface area contributed by atoms with E-state index in [0.29, 0.717) is 11.6 Å². The average Bonchev–Trinajstić information content (AvgIpc) is 2.21. The number of nitrogens with zero attached hydrogens (tertiary/aromatic N) is 3. The summed E-state index contributed by atoms with van der Waals surface area (Å²) in [5.74, 6) is 0.647. The molecule has 5 nitrogen and oxygen atoms in total. The Balaban J connectivity index is 3.24. The van der Waals surface area contributed by atoms with Crippen molar-refractivity contribution in [2.45, 2.75) is 26.2 Å². The van der Waals surface area contributed by atoms with Crippen molar-refractivity contribution in [3.05, 3.63) is 16.0 Å². The molecule has 0 aliphatic rings. The Morgan fingerprint density at radius 1 is 1.50 bits per heavy atom. The molecule has 1 rings (SSSR count). The van der Waals surface area contributed by atoms with Crippen LogP contribution in [-0.4, -0.2) is 21.8 Å². The second-order valence-corrected chi connectivity index (χ2v) is 3.33. The maximum atomic E-state index is 11.8. The molecule has 0 bridgehead atoms. The van der Waals surface area contributed by atoms with E-state index in [0.717, 1.165) is 6.42 Å². The van der Waals surface area contributed by atoms with Gasteiger partial charge in [0.05, 0.1) is 0 Å². The Labute approximate surface area is 83.2 Å². The van der Waals surface area contributed by atoms with Crippen LogP contribution in [0.2, 0.25) is 0 Å². The van der Waals surface area contributed by atoms with Crippen molar-refractivity contribution in [3.63, 3.8) is 0 Å².